The molecule has 1 aliphatic carbocycles. The Morgan fingerprint density at radius 3 is 2.21 bits per heavy atom. The molecule has 0 amide bonds. The molecule has 0 radical (unpaired) electrons. The van der Waals surface area contributed by atoms with Gasteiger partial charge in [0.15, 0.2) is 11.6 Å². The average molecular weight is 390 g/mol. The molecule has 0 aromatic heterocycles. The van der Waals surface area contributed by atoms with Gasteiger partial charge in [0.2, 0.25) is 0 Å². The molecule has 1 aliphatic rings. The van der Waals surface area contributed by atoms with Crippen molar-refractivity contribution in [2.45, 2.75) is 39.0 Å². The molecule has 150 valence electrons. The Kier molecular flexibility index (Phi) is 6.89. The molecule has 0 saturated carbocycles. The molecule has 29 heavy (non-hydrogen) atoms. The van der Waals surface area contributed by atoms with Crippen molar-refractivity contribution in [2.24, 2.45) is 5.92 Å². The van der Waals surface area contributed by atoms with Crippen molar-refractivity contribution in [2.75, 3.05) is 6.61 Å². The molecule has 0 unspecified atom stereocenters. The van der Waals surface area contributed by atoms with Gasteiger partial charge in [-0.3, -0.25) is 14.4 Å². The lowest BCUT2D eigenvalue weighted by atomic mass is 9.82. The van der Waals surface area contributed by atoms with E-state index in [2.05, 4.69) is 0 Å². The van der Waals surface area contributed by atoms with Gasteiger partial charge in [-0.1, -0.05) is 54.6 Å². The maximum atomic E-state index is 12.7. The highest BCUT2D eigenvalue weighted by Gasteiger charge is 2.29. The molecule has 0 spiro atoms. The number of rotatable bonds is 9. The summed E-state index contributed by atoms with van der Waals surface area (Å²) >= 11 is 0. The van der Waals surface area contributed by atoms with Gasteiger partial charge >= 0.3 is 0 Å². The van der Waals surface area contributed by atoms with Crippen LogP contribution in [0.2, 0.25) is 0 Å². The summed E-state index contributed by atoms with van der Waals surface area (Å²) in [5.41, 5.74) is 3.02. The largest absolute Gasteiger partial charge is 0.396 e. The third kappa shape index (κ3) is 4.96. The van der Waals surface area contributed by atoms with E-state index in [0.717, 1.165) is 5.56 Å². The van der Waals surface area contributed by atoms with E-state index >= 15 is 0 Å². The smallest absolute Gasteiger partial charge is 0.190 e. The molecule has 0 heterocycles. The second kappa shape index (κ2) is 9.57. The van der Waals surface area contributed by atoms with E-state index in [1.807, 2.05) is 30.3 Å². The lowest BCUT2D eigenvalue weighted by Gasteiger charge is -2.19. The molecule has 2 aromatic carbocycles. The van der Waals surface area contributed by atoms with E-state index in [1.165, 1.54) is 0 Å². The predicted molar refractivity (Wildman–Crippen MR) is 112 cm³/mol. The van der Waals surface area contributed by atoms with Crippen molar-refractivity contribution >= 4 is 17.3 Å². The number of aliphatic hydroxyl groups excluding tert-OH is 1. The van der Waals surface area contributed by atoms with Gasteiger partial charge < -0.3 is 5.11 Å². The fourth-order valence-electron chi connectivity index (χ4n) is 3.89. The van der Waals surface area contributed by atoms with Crippen LogP contribution >= 0.6 is 0 Å². The number of benzene rings is 2. The number of ketones is 3. The summed E-state index contributed by atoms with van der Waals surface area (Å²) in [6.07, 6.45) is 2.26. The predicted octanol–water partition coefficient (Wildman–Crippen LogP) is 4.36. The summed E-state index contributed by atoms with van der Waals surface area (Å²) in [7, 11) is 0. The van der Waals surface area contributed by atoms with Crippen LogP contribution in [0.25, 0.3) is 0 Å². The Morgan fingerprint density at radius 2 is 1.55 bits per heavy atom. The standard InChI is InChI=1S/C25H26O4/c1-17-21(25(29)23-12-6-5-11-22(23)24(17)28)13-7-10-20(27)15-19(16-26)14-18-8-3-2-4-9-18/h2-6,8-9,11-12,19,26H,7,10,13-16H2,1H3/t19-/m0/s1. The molecular weight excluding hydrogens is 364 g/mol. The van der Waals surface area contributed by atoms with Gasteiger partial charge in [-0.2, -0.15) is 0 Å². The topological polar surface area (TPSA) is 71.4 Å². The van der Waals surface area contributed by atoms with Crippen molar-refractivity contribution in [3.8, 4) is 0 Å². The van der Waals surface area contributed by atoms with Crippen LogP contribution in [-0.2, 0) is 11.2 Å². The minimum absolute atomic E-state index is 0.0331. The first-order valence-electron chi connectivity index (χ1n) is 10.1. The molecule has 1 N–H and O–H groups in total. The molecular formula is C25H26O4. The van der Waals surface area contributed by atoms with Crippen LogP contribution in [0.15, 0.2) is 65.7 Å². The van der Waals surface area contributed by atoms with Crippen LogP contribution in [-0.4, -0.2) is 29.1 Å². The summed E-state index contributed by atoms with van der Waals surface area (Å²) in [4.78, 5) is 37.7. The van der Waals surface area contributed by atoms with Gasteiger partial charge in [0.05, 0.1) is 0 Å². The van der Waals surface area contributed by atoms with Crippen molar-refractivity contribution in [1.29, 1.82) is 0 Å². The minimum Gasteiger partial charge on any atom is -0.396 e. The van der Waals surface area contributed by atoms with Crippen LogP contribution in [0, 0.1) is 5.92 Å². The van der Waals surface area contributed by atoms with E-state index in [0.29, 0.717) is 54.4 Å². The number of allylic oxidation sites excluding steroid dienone is 2. The normalized spacial score (nSPS) is 14.7. The highest BCUT2D eigenvalue weighted by molar-refractivity contribution is 6.26. The Labute approximate surface area is 171 Å². The molecule has 4 heteroatoms. The fraction of sp³-hybridized carbons (Fsp3) is 0.320. The Morgan fingerprint density at radius 1 is 0.931 bits per heavy atom. The molecule has 0 fully saturated rings. The summed E-state index contributed by atoms with van der Waals surface area (Å²) in [6, 6.07) is 16.7. The number of carbonyl (C=O) groups excluding carboxylic acids is 3. The van der Waals surface area contributed by atoms with Crippen LogP contribution < -0.4 is 0 Å². The molecule has 4 nitrogen and oxygen atoms in total. The SMILES string of the molecule is CC1=C(CCCC(=O)C[C@@H](CO)Cc2ccccc2)C(=O)c2ccccc2C1=O. The lowest BCUT2D eigenvalue weighted by molar-refractivity contribution is -0.120. The quantitative estimate of drug-likeness (QED) is 0.690. The zero-order valence-electron chi connectivity index (χ0n) is 16.7. The summed E-state index contributed by atoms with van der Waals surface area (Å²) < 4.78 is 0. The summed E-state index contributed by atoms with van der Waals surface area (Å²) in [5, 5.41) is 9.62. The van der Waals surface area contributed by atoms with E-state index < -0.39 is 0 Å². The number of aliphatic hydroxyl groups is 1. The zero-order chi connectivity index (χ0) is 20.8. The third-order valence-corrected chi connectivity index (χ3v) is 5.51. The molecule has 0 saturated heterocycles. The molecule has 3 rings (SSSR count). The minimum atomic E-state index is -0.109. The maximum absolute atomic E-state index is 12.7. The lowest BCUT2D eigenvalue weighted by Crippen LogP contribution is -2.21. The summed E-state index contributed by atoms with van der Waals surface area (Å²) in [6.45, 7) is 1.66. The molecule has 1 atom stereocenters. The van der Waals surface area contributed by atoms with Crippen LogP contribution in [0.5, 0.6) is 0 Å². The number of Topliss-reactive ketones (excluding diaryl/α,β-unsaturated/α-hetero) is 3. The number of hydrogen-bond donors (Lipinski definition) is 1. The first-order chi connectivity index (χ1) is 14.0. The zero-order valence-corrected chi connectivity index (χ0v) is 16.7. The second-order valence-electron chi connectivity index (χ2n) is 7.64. The van der Waals surface area contributed by atoms with Crippen molar-refractivity contribution in [3.05, 3.63) is 82.4 Å². The first kappa shape index (κ1) is 20.9. The summed E-state index contributed by atoms with van der Waals surface area (Å²) in [5.74, 6) is -0.240. The highest BCUT2D eigenvalue weighted by Crippen LogP contribution is 2.29. The van der Waals surface area contributed by atoms with Crippen molar-refractivity contribution in [3.63, 3.8) is 0 Å². The van der Waals surface area contributed by atoms with Gasteiger partial charge in [0, 0.05) is 41.7 Å². The van der Waals surface area contributed by atoms with Crippen LogP contribution in [0.4, 0.5) is 0 Å². The van der Waals surface area contributed by atoms with E-state index in [9.17, 15) is 19.5 Å². The number of fused-ring (bicyclic) bond motifs is 1. The van der Waals surface area contributed by atoms with E-state index in [-0.39, 0.29) is 29.9 Å². The Hall–Kier alpha value is -2.85. The van der Waals surface area contributed by atoms with Crippen LogP contribution in [0.1, 0.15) is 58.9 Å². The average Bonchev–Trinajstić information content (AvgIpc) is 2.74. The second-order valence-corrected chi connectivity index (χ2v) is 7.64. The van der Waals surface area contributed by atoms with Gasteiger partial charge in [0.1, 0.15) is 5.78 Å². The van der Waals surface area contributed by atoms with E-state index in [4.69, 9.17) is 0 Å². The molecule has 2 aromatic rings. The first-order valence-corrected chi connectivity index (χ1v) is 10.1. The van der Waals surface area contributed by atoms with Crippen molar-refractivity contribution < 1.29 is 19.5 Å². The third-order valence-electron chi connectivity index (χ3n) is 5.51. The number of hydrogen-bond acceptors (Lipinski definition) is 4. The monoisotopic (exact) mass is 390 g/mol. The fourth-order valence-corrected chi connectivity index (χ4v) is 3.89. The maximum Gasteiger partial charge on any atom is 0.190 e. The van der Waals surface area contributed by atoms with Crippen molar-refractivity contribution in [1.82, 2.24) is 0 Å². The van der Waals surface area contributed by atoms with E-state index in [1.54, 1.807) is 31.2 Å². The Balaban J connectivity index is 1.55. The van der Waals surface area contributed by atoms with Gasteiger partial charge in [-0.15, -0.1) is 0 Å². The van der Waals surface area contributed by atoms with Gasteiger partial charge in [0.25, 0.3) is 0 Å². The highest BCUT2D eigenvalue weighted by atomic mass is 16.3. The van der Waals surface area contributed by atoms with Crippen LogP contribution in [0.3, 0.4) is 0 Å². The molecule has 0 aliphatic heterocycles. The Bertz CT molecular complexity index is 940. The van der Waals surface area contributed by atoms with Gasteiger partial charge in [-0.25, -0.2) is 0 Å². The molecule has 0 bridgehead atoms. The van der Waals surface area contributed by atoms with Gasteiger partial charge in [-0.05, 0) is 37.7 Å². The number of carbonyl (C=O) groups is 3.